The average Bonchev–Trinajstić information content (AvgIpc) is 2.46. The zero-order valence-electron chi connectivity index (χ0n) is 6.39. The second kappa shape index (κ2) is 2.44. The van der Waals surface area contributed by atoms with Crippen LogP contribution in [-0.4, -0.2) is 25.7 Å². The standard InChI is InChI=1S/C7H5N3O3/c11-6-2-1-5-8-4(7(12)13)3-10(5)9-6/h1-3H,(H,9,11)(H,12,13). The molecule has 0 radical (unpaired) electrons. The van der Waals surface area contributed by atoms with E-state index >= 15 is 0 Å². The summed E-state index contributed by atoms with van der Waals surface area (Å²) in [5, 5.41) is 11.0. The van der Waals surface area contributed by atoms with E-state index in [2.05, 4.69) is 10.1 Å². The molecule has 6 heteroatoms. The Hall–Kier alpha value is -2.11. The van der Waals surface area contributed by atoms with Gasteiger partial charge in [-0.2, -0.15) is 0 Å². The summed E-state index contributed by atoms with van der Waals surface area (Å²) in [6.07, 6.45) is 1.25. The number of rotatable bonds is 1. The lowest BCUT2D eigenvalue weighted by Crippen LogP contribution is -2.07. The number of carboxylic acids is 1. The topological polar surface area (TPSA) is 87.5 Å². The Morgan fingerprint density at radius 2 is 2.31 bits per heavy atom. The van der Waals surface area contributed by atoms with Crippen molar-refractivity contribution in [2.24, 2.45) is 0 Å². The molecule has 0 unspecified atom stereocenters. The van der Waals surface area contributed by atoms with Crippen molar-refractivity contribution in [2.75, 3.05) is 0 Å². The van der Waals surface area contributed by atoms with Gasteiger partial charge in [0, 0.05) is 6.07 Å². The highest BCUT2D eigenvalue weighted by molar-refractivity contribution is 5.85. The number of carboxylic acid groups (broad SMARTS) is 1. The van der Waals surface area contributed by atoms with Crippen LogP contribution in [0.2, 0.25) is 0 Å². The van der Waals surface area contributed by atoms with Crippen molar-refractivity contribution in [3.8, 4) is 0 Å². The van der Waals surface area contributed by atoms with E-state index in [9.17, 15) is 9.59 Å². The fraction of sp³-hybridized carbons (Fsp3) is 0. The number of hydrogen-bond donors (Lipinski definition) is 2. The molecule has 0 fully saturated rings. The average molecular weight is 179 g/mol. The van der Waals surface area contributed by atoms with Crippen molar-refractivity contribution >= 4 is 11.6 Å². The van der Waals surface area contributed by atoms with Crippen molar-refractivity contribution in [2.45, 2.75) is 0 Å². The van der Waals surface area contributed by atoms with Gasteiger partial charge in [0.1, 0.15) is 0 Å². The molecule has 0 saturated heterocycles. The van der Waals surface area contributed by atoms with Gasteiger partial charge in [0.25, 0.3) is 5.56 Å². The van der Waals surface area contributed by atoms with Crippen molar-refractivity contribution < 1.29 is 9.90 Å². The molecule has 2 heterocycles. The Labute approximate surface area is 71.4 Å². The van der Waals surface area contributed by atoms with Crippen molar-refractivity contribution in [3.05, 3.63) is 34.4 Å². The summed E-state index contributed by atoms with van der Waals surface area (Å²) in [5.41, 5.74) is 0.000638. The van der Waals surface area contributed by atoms with E-state index < -0.39 is 5.97 Å². The number of carbonyl (C=O) groups is 1. The molecular formula is C7H5N3O3. The van der Waals surface area contributed by atoms with Crippen LogP contribution in [0, 0.1) is 0 Å². The minimum absolute atomic E-state index is 0.0955. The van der Waals surface area contributed by atoms with Crippen LogP contribution in [0.4, 0.5) is 0 Å². The highest BCUT2D eigenvalue weighted by Gasteiger charge is 2.07. The molecule has 6 nitrogen and oxygen atoms in total. The molecule has 0 atom stereocenters. The van der Waals surface area contributed by atoms with Gasteiger partial charge >= 0.3 is 5.97 Å². The summed E-state index contributed by atoms with van der Waals surface area (Å²) in [7, 11) is 0. The largest absolute Gasteiger partial charge is 0.476 e. The number of aromatic carboxylic acids is 1. The zero-order chi connectivity index (χ0) is 9.42. The van der Waals surface area contributed by atoms with Crippen LogP contribution in [-0.2, 0) is 0 Å². The Balaban J connectivity index is 2.75. The third-order valence-electron chi connectivity index (χ3n) is 1.57. The summed E-state index contributed by atoms with van der Waals surface area (Å²) in [6, 6.07) is 2.74. The van der Waals surface area contributed by atoms with Gasteiger partial charge in [0.15, 0.2) is 11.3 Å². The number of nitrogens with one attached hydrogen (secondary N) is 1. The van der Waals surface area contributed by atoms with E-state index in [1.165, 1.54) is 22.8 Å². The molecule has 0 aliphatic rings. The minimum Gasteiger partial charge on any atom is -0.476 e. The van der Waals surface area contributed by atoms with Crippen LogP contribution < -0.4 is 5.56 Å². The maximum atomic E-state index is 10.8. The smallest absolute Gasteiger partial charge is 0.356 e. The quantitative estimate of drug-likeness (QED) is 0.630. The highest BCUT2D eigenvalue weighted by atomic mass is 16.4. The number of fused-ring (bicyclic) bond motifs is 1. The van der Waals surface area contributed by atoms with Gasteiger partial charge in [-0.1, -0.05) is 0 Å². The lowest BCUT2D eigenvalue weighted by molar-refractivity contribution is 0.0691. The van der Waals surface area contributed by atoms with E-state index in [0.717, 1.165) is 0 Å². The Morgan fingerprint density at radius 3 is 3.00 bits per heavy atom. The Morgan fingerprint density at radius 1 is 1.54 bits per heavy atom. The monoisotopic (exact) mass is 179 g/mol. The SMILES string of the molecule is O=C(O)c1cn2[nH]c(=O)ccc2n1. The molecule has 0 aliphatic carbocycles. The molecule has 2 rings (SSSR count). The van der Waals surface area contributed by atoms with Gasteiger partial charge in [-0.25, -0.2) is 14.3 Å². The molecule has 2 aromatic rings. The van der Waals surface area contributed by atoms with E-state index in [-0.39, 0.29) is 11.3 Å². The third kappa shape index (κ3) is 1.18. The van der Waals surface area contributed by atoms with Crippen LogP contribution in [0.1, 0.15) is 10.5 Å². The first-order valence-corrected chi connectivity index (χ1v) is 3.48. The van der Waals surface area contributed by atoms with Crippen LogP contribution in [0.5, 0.6) is 0 Å². The highest BCUT2D eigenvalue weighted by Crippen LogP contribution is 2.00. The van der Waals surface area contributed by atoms with Crippen LogP contribution >= 0.6 is 0 Å². The molecule has 0 amide bonds. The fourth-order valence-electron chi connectivity index (χ4n) is 1.01. The molecular weight excluding hydrogens is 174 g/mol. The summed E-state index contributed by atoms with van der Waals surface area (Å²) in [6.45, 7) is 0. The number of aromatic nitrogens is 3. The molecule has 2 aromatic heterocycles. The number of H-pyrrole nitrogens is 1. The molecule has 0 aromatic carbocycles. The van der Waals surface area contributed by atoms with Crippen LogP contribution in [0.15, 0.2) is 23.1 Å². The summed E-state index contributed by atoms with van der Waals surface area (Å²) < 4.78 is 1.27. The summed E-state index contributed by atoms with van der Waals surface area (Å²) in [5.74, 6) is -1.12. The van der Waals surface area contributed by atoms with Crippen molar-refractivity contribution in [3.63, 3.8) is 0 Å². The van der Waals surface area contributed by atoms with E-state index in [0.29, 0.717) is 5.65 Å². The zero-order valence-corrected chi connectivity index (χ0v) is 6.39. The predicted molar refractivity (Wildman–Crippen MR) is 42.8 cm³/mol. The van der Waals surface area contributed by atoms with Crippen LogP contribution in [0.25, 0.3) is 5.65 Å². The summed E-state index contributed by atoms with van der Waals surface area (Å²) in [4.78, 5) is 25.0. The lowest BCUT2D eigenvalue weighted by Gasteiger charge is -1.87. The number of nitrogens with zero attached hydrogens (tertiary/aromatic N) is 2. The summed E-state index contributed by atoms with van der Waals surface area (Å²) >= 11 is 0. The third-order valence-corrected chi connectivity index (χ3v) is 1.57. The molecule has 0 saturated carbocycles. The maximum absolute atomic E-state index is 10.8. The molecule has 0 bridgehead atoms. The first-order chi connectivity index (χ1) is 6.16. The fourth-order valence-corrected chi connectivity index (χ4v) is 1.01. The van der Waals surface area contributed by atoms with Crippen molar-refractivity contribution in [1.29, 1.82) is 0 Å². The van der Waals surface area contributed by atoms with Gasteiger partial charge in [-0.15, -0.1) is 0 Å². The minimum atomic E-state index is -1.12. The lowest BCUT2D eigenvalue weighted by atomic mass is 10.5. The second-order valence-corrected chi connectivity index (χ2v) is 2.47. The predicted octanol–water partition coefficient (Wildman–Crippen LogP) is -0.279. The molecule has 0 aliphatic heterocycles. The second-order valence-electron chi connectivity index (χ2n) is 2.47. The molecule has 66 valence electrons. The molecule has 0 spiro atoms. The maximum Gasteiger partial charge on any atom is 0.356 e. The van der Waals surface area contributed by atoms with Crippen LogP contribution in [0.3, 0.4) is 0 Å². The first kappa shape index (κ1) is 7.53. The van der Waals surface area contributed by atoms with Gasteiger partial charge in [-0.3, -0.25) is 9.89 Å². The van der Waals surface area contributed by atoms with E-state index in [1.54, 1.807) is 0 Å². The Bertz CT molecular complexity index is 525. The van der Waals surface area contributed by atoms with E-state index in [4.69, 9.17) is 5.11 Å². The number of imidazole rings is 1. The molecule has 2 N–H and O–H groups in total. The number of hydrogen-bond acceptors (Lipinski definition) is 3. The Kier molecular flexibility index (Phi) is 1.42. The van der Waals surface area contributed by atoms with Gasteiger partial charge in [0.2, 0.25) is 0 Å². The normalized spacial score (nSPS) is 10.5. The van der Waals surface area contributed by atoms with Gasteiger partial charge < -0.3 is 5.11 Å². The first-order valence-electron chi connectivity index (χ1n) is 3.48. The van der Waals surface area contributed by atoms with Crippen molar-refractivity contribution in [1.82, 2.24) is 14.6 Å². The molecule has 13 heavy (non-hydrogen) atoms. The van der Waals surface area contributed by atoms with E-state index in [1.807, 2.05) is 0 Å². The number of aromatic amines is 1. The van der Waals surface area contributed by atoms with Gasteiger partial charge in [0.05, 0.1) is 6.20 Å². The van der Waals surface area contributed by atoms with Gasteiger partial charge in [-0.05, 0) is 6.07 Å².